The average Bonchev–Trinajstić information content (AvgIpc) is 2.64. The summed E-state index contributed by atoms with van der Waals surface area (Å²) in [5.41, 5.74) is 1.77. The highest BCUT2D eigenvalue weighted by Gasteiger charge is 2.39. The smallest absolute Gasteiger partial charge is 0.233 e. The van der Waals surface area contributed by atoms with Gasteiger partial charge in [-0.05, 0) is 68.9 Å². The molecule has 3 rings (SSSR count). The first-order valence-electron chi connectivity index (χ1n) is 9.94. The van der Waals surface area contributed by atoms with Crippen LogP contribution < -0.4 is 10.6 Å². The van der Waals surface area contributed by atoms with Gasteiger partial charge in [0.2, 0.25) is 5.91 Å². The number of amides is 1. The molecule has 1 atom stereocenters. The lowest BCUT2D eigenvalue weighted by molar-refractivity contribution is -0.130. The summed E-state index contributed by atoms with van der Waals surface area (Å²) in [5.74, 6) is 0.878. The minimum Gasteiger partial charge on any atom is -0.384 e. The number of hydrogen-bond acceptors (Lipinski definition) is 4. The van der Waals surface area contributed by atoms with Crippen molar-refractivity contribution in [2.45, 2.75) is 39.2 Å². The van der Waals surface area contributed by atoms with Crippen molar-refractivity contribution in [3.05, 3.63) is 29.8 Å². The molecule has 0 saturated carbocycles. The molecule has 1 amide bonds. The van der Waals surface area contributed by atoms with E-state index in [-0.39, 0.29) is 5.91 Å². The first-order valence-corrected chi connectivity index (χ1v) is 9.94. The van der Waals surface area contributed by atoms with E-state index in [1.165, 1.54) is 31.5 Å². The van der Waals surface area contributed by atoms with Gasteiger partial charge in [-0.3, -0.25) is 9.69 Å². The Hall–Kier alpha value is -1.43. The van der Waals surface area contributed by atoms with Crippen molar-refractivity contribution in [1.82, 2.24) is 10.2 Å². The van der Waals surface area contributed by atoms with Gasteiger partial charge in [0.15, 0.2) is 0 Å². The van der Waals surface area contributed by atoms with Crippen molar-refractivity contribution in [3.8, 4) is 0 Å². The lowest BCUT2D eigenvalue weighted by atomic mass is 9.78. The number of likely N-dealkylation sites (tertiary alicyclic amines) is 1. The third-order valence-corrected chi connectivity index (χ3v) is 5.82. The van der Waals surface area contributed by atoms with Crippen LogP contribution in [0.15, 0.2) is 24.3 Å². The van der Waals surface area contributed by atoms with E-state index in [1.807, 2.05) is 12.1 Å². The maximum Gasteiger partial charge on any atom is 0.233 e. The van der Waals surface area contributed by atoms with E-state index in [0.29, 0.717) is 6.61 Å². The van der Waals surface area contributed by atoms with Crippen LogP contribution >= 0.6 is 0 Å². The van der Waals surface area contributed by atoms with Gasteiger partial charge in [0.25, 0.3) is 0 Å². The van der Waals surface area contributed by atoms with Crippen molar-refractivity contribution >= 4 is 11.6 Å². The molecular weight excluding hydrogens is 326 g/mol. The van der Waals surface area contributed by atoms with E-state index in [4.69, 9.17) is 4.74 Å². The molecule has 5 nitrogen and oxygen atoms in total. The van der Waals surface area contributed by atoms with Crippen LogP contribution in [0.1, 0.15) is 38.2 Å². The Labute approximate surface area is 157 Å². The van der Waals surface area contributed by atoms with Gasteiger partial charge in [0.05, 0.1) is 12.0 Å². The van der Waals surface area contributed by atoms with Crippen LogP contribution in [-0.2, 0) is 16.1 Å². The molecular formula is C21H33N3O2. The third-order valence-electron chi connectivity index (χ3n) is 5.82. The first kappa shape index (κ1) is 19.3. The van der Waals surface area contributed by atoms with Crippen molar-refractivity contribution < 1.29 is 9.53 Å². The Morgan fingerprint density at radius 3 is 2.69 bits per heavy atom. The zero-order valence-electron chi connectivity index (χ0n) is 16.2. The molecule has 144 valence electrons. The molecule has 5 heteroatoms. The van der Waals surface area contributed by atoms with Crippen LogP contribution in [0.3, 0.4) is 0 Å². The van der Waals surface area contributed by atoms with Gasteiger partial charge in [0.1, 0.15) is 0 Å². The van der Waals surface area contributed by atoms with Gasteiger partial charge < -0.3 is 15.4 Å². The average molecular weight is 360 g/mol. The number of methoxy groups -OCH3 is 1. The molecule has 2 aliphatic heterocycles. The number of hydrogen-bond donors (Lipinski definition) is 2. The highest BCUT2D eigenvalue weighted by Crippen LogP contribution is 2.31. The molecule has 2 heterocycles. The summed E-state index contributed by atoms with van der Waals surface area (Å²) in [6.07, 6.45) is 4.28. The van der Waals surface area contributed by atoms with Crippen molar-refractivity contribution in [1.29, 1.82) is 0 Å². The molecule has 2 saturated heterocycles. The summed E-state index contributed by atoms with van der Waals surface area (Å²) in [6, 6.07) is 8.34. The van der Waals surface area contributed by atoms with Gasteiger partial charge in [-0.25, -0.2) is 0 Å². The van der Waals surface area contributed by atoms with E-state index >= 15 is 0 Å². The molecule has 0 aliphatic carbocycles. The number of piperidine rings is 2. The standard InChI is InChI=1S/C21H33N3O2/c1-17-4-3-13-24(14-17)15-18-5-7-19(8-6-18)23-20(25)21(16-26-2)9-11-22-12-10-21/h5-8,17,22H,3-4,9-16H2,1-2H3,(H,23,25). The molecule has 0 aromatic heterocycles. The van der Waals surface area contributed by atoms with E-state index in [2.05, 4.69) is 34.6 Å². The third kappa shape index (κ3) is 4.84. The number of anilines is 1. The second-order valence-corrected chi connectivity index (χ2v) is 8.10. The minimum absolute atomic E-state index is 0.0819. The lowest BCUT2D eigenvalue weighted by Gasteiger charge is -2.35. The Kier molecular flexibility index (Phi) is 6.68. The largest absolute Gasteiger partial charge is 0.384 e. The van der Waals surface area contributed by atoms with E-state index < -0.39 is 5.41 Å². The van der Waals surface area contributed by atoms with Crippen LogP contribution in [0.25, 0.3) is 0 Å². The van der Waals surface area contributed by atoms with Crippen LogP contribution in [-0.4, -0.2) is 50.7 Å². The summed E-state index contributed by atoms with van der Waals surface area (Å²) in [6.45, 7) is 7.92. The molecule has 1 aromatic carbocycles. The van der Waals surface area contributed by atoms with Crippen molar-refractivity contribution in [3.63, 3.8) is 0 Å². The number of nitrogens with zero attached hydrogens (tertiary/aromatic N) is 1. The molecule has 0 bridgehead atoms. The fourth-order valence-corrected chi connectivity index (χ4v) is 4.26. The van der Waals surface area contributed by atoms with Crippen LogP contribution in [0.5, 0.6) is 0 Å². The molecule has 26 heavy (non-hydrogen) atoms. The molecule has 0 spiro atoms. The number of benzene rings is 1. The Morgan fingerprint density at radius 2 is 2.04 bits per heavy atom. The molecule has 1 unspecified atom stereocenters. The molecule has 1 aromatic rings. The summed E-state index contributed by atoms with van der Waals surface area (Å²) in [5, 5.41) is 6.44. The predicted molar refractivity (Wildman–Crippen MR) is 105 cm³/mol. The Balaban J connectivity index is 1.58. The lowest BCUT2D eigenvalue weighted by Crippen LogP contribution is -2.47. The molecule has 2 N–H and O–H groups in total. The highest BCUT2D eigenvalue weighted by atomic mass is 16.5. The van der Waals surface area contributed by atoms with Gasteiger partial charge in [-0.1, -0.05) is 19.1 Å². The van der Waals surface area contributed by atoms with E-state index in [1.54, 1.807) is 7.11 Å². The van der Waals surface area contributed by atoms with Gasteiger partial charge in [-0.15, -0.1) is 0 Å². The topological polar surface area (TPSA) is 53.6 Å². The second kappa shape index (κ2) is 8.98. The number of carbonyl (C=O) groups excluding carboxylic acids is 1. The quantitative estimate of drug-likeness (QED) is 0.820. The van der Waals surface area contributed by atoms with E-state index in [0.717, 1.165) is 44.1 Å². The van der Waals surface area contributed by atoms with Crippen LogP contribution in [0.4, 0.5) is 5.69 Å². The normalized spacial score (nSPS) is 23.5. The van der Waals surface area contributed by atoms with Gasteiger partial charge in [-0.2, -0.15) is 0 Å². The zero-order chi connectivity index (χ0) is 18.4. The summed E-state index contributed by atoms with van der Waals surface area (Å²) in [4.78, 5) is 15.4. The maximum atomic E-state index is 12.9. The number of ether oxygens (including phenoxy) is 1. The number of nitrogens with one attached hydrogen (secondary N) is 2. The number of rotatable bonds is 6. The summed E-state index contributed by atoms with van der Waals surface area (Å²) in [7, 11) is 1.67. The SMILES string of the molecule is COCC1(C(=O)Nc2ccc(CN3CCCC(C)C3)cc2)CCNCC1. The van der Waals surface area contributed by atoms with Crippen molar-refractivity contribution in [2.24, 2.45) is 11.3 Å². The number of carbonyl (C=O) groups is 1. The van der Waals surface area contributed by atoms with Crippen LogP contribution in [0.2, 0.25) is 0 Å². The molecule has 2 fully saturated rings. The second-order valence-electron chi connectivity index (χ2n) is 8.10. The van der Waals surface area contributed by atoms with Crippen molar-refractivity contribution in [2.75, 3.05) is 45.2 Å². The van der Waals surface area contributed by atoms with Gasteiger partial charge >= 0.3 is 0 Å². The van der Waals surface area contributed by atoms with Crippen LogP contribution in [0, 0.1) is 11.3 Å². The Morgan fingerprint density at radius 1 is 1.31 bits per heavy atom. The Bertz CT molecular complexity index is 576. The monoisotopic (exact) mass is 359 g/mol. The predicted octanol–water partition coefficient (Wildman–Crippen LogP) is 2.87. The molecule has 2 aliphatic rings. The highest BCUT2D eigenvalue weighted by molar-refractivity contribution is 5.95. The minimum atomic E-state index is -0.414. The maximum absolute atomic E-state index is 12.9. The fraction of sp³-hybridized carbons (Fsp3) is 0.667. The summed E-state index contributed by atoms with van der Waals surface area (Å²) >= 11 is 0. The van der Waals surface area contributed by atoms with Gasteiger partial charge in [0, 0.05) is 25.9 Å². The zero-order valence-corrected chi connectivity index (χ0v) is 16.2. The first-order chi connectivity index (χ1) is 12.6. The van der Waals surface area contributed by atoms with E-state index in [9.17, 15) is 4.79 Å². The molecule has 0 radical (unpaired) electrons. The summed E-state index contributed by atoms with van der Waals surface area (Å²) < 4.78 is 5.36. The fourth-order valence-electron chi connectivity index (χ4n) is 4.26.